The number of carbonyl (C=O) groups excluding carboxylic acids is 2. The Labute approximate surface area is 142 Å². The summed E-state index contributed by atoms with van der Waals surface area (Å²) < 4.78 is 4.82. The minimum atomic E-state index is -0.503. The second-order valence-electron chi connectivity index (χ2n) is 6.60. The Kier molecular flexibility index (Phi) is 4.76. The maximum absolute atomic E-state index is 12.9. The van der Waals surface area contributed by atoms with Gasteiger partial charge in [0.15, 0.2) is 0 Å². The van der Waals surface area contributed by atoms with Crippen LogP contribution in [0.5, 0.6) is 0 Å². The maximum Gasteiger partial charge on any atom is 0.414 e. The van der Waals surface area contributed by atoms with Crippen molar-refractivity contribution >= 4 is 12.0 Å². The minimum absolute atomic E-state index is 0.0933. The van der Waals surface area contributed by atoms with E-state index in [0.29, 0.717) is 24.5 Å². The molecule has 24 heavy (non-hydrogen) atoms. The topological polar surface area (TPSA) is 70.1 Å². The van der Waals surface area contributed by atoms with Crippen LogP contribution < -0.4 is 0 Å². The Bertz CT molecular complexity index is 598. The molecular formula is C18H24N2O4. The number of fused-ring (bicyclic) bond motifs is 1. The number of hydrogen-bond donors (Lipinski definition) is 1. The van der Waals surface area contributed by atoms with Gasteiger partial charge in [0.1, 0.15) is 0 Å². The van der Waals surface area contributed by atoms with Gasteiger partial charge in [0.25, 0.3) is 5.91 Å². The molecule has 0 aromatic carbocycles. The van der Waals surface area contributed by atoms with Crippen LogP contribution in [0.25, 0.3) is 0 Å². The van der Waals surface area contributed by atoms with Gasteiger partial charge in [0.2, 0.25) is 0 Å². The predicted molar refractivity (Wildman–Crippen MR) is 88.9 cm³/mol. The molecule has 4 atom stereocenters. The van der Waals surface area contributed by atoms with Crippen LogP contribution in [0.3, 0.4) is 0 Å². The molecule has 1 saturated carbocycles. The molecular weight excluding hydrogens is 308 g/mol. The van der Waals surface area contributed by atoms with E-state index in [-0.39, 0.29) is 18.0 Å². The number of carbonyl (C=O) groups is 2. The van der Waals surface area contributed by atoms with E-state index < -0.39 is 12.2 Å². The molecule has 6 heteroatoms. The second kappa shape index (κ2) is 6.81. The highest BCUT2D eigenvalue weighted by Crippen LogP contribution is 2.39. The molecule has 6 nitrogen and oxygen atoms in total. The molecule has 1 aliphatic carbocycles. The zero-order valence-corrected chi connectivity index (χ0v) is 13.9. The normalized spacial score (nSPS) is 31.7. The number of nitrogens with zero attached hydrogens (tertiary/aromatic N) is 2. The van der Waals surface area contributed by atoms with Crippen LogP contribution in [0.2, 0.25) is 0 Å². The number of rotatable bonds is 3. The van der Waals surface area contributed by atoms with Gasteiger partial charge in [0, 0.05) is 12.7 Å². The van der Waals surface area contributed by atoms with Gasteiger partial charge < -0.3 is 14.7 Å². The van der Waals surface area contributed by atoms with Crippen molar-refractivity contribution in [2.75, 3.05) is 13.7 Å². The van der Waals surface area contributed by atoms with Crippen LogP contribution in [0, 0.1) is 5.92 Å². The molecule has 3 rings (SSSR count). The fourth-order valence-corrected chi connectivity index (χ4v) is 4.05. The Morgan fingerprint density at radius 2 is 2.21 bits per heavy atom. The van der Waals surface area contributed by atoms with Crippen LogP contribution in [-0.4, -0.2) is 58.7 Å². The van der Waals surface area contributed by atoms with Gasteiger partial charge in [0.05, 0.1) is 30.9 Å². The van der Waals surface area contributed by atoms with Crippen molar-refractivity contribution in [1.82, 2.24) is 9.80 Å². The van der Waals surface area contributed by atoms with Crippen LogP contribution in [-0.2, 0) is 9.53 Å². The van der Waals surface area contributed by atoms with Gasteiger partial charge in [-0.1, -0.05) is 12.2 Å². The smallest absolute Gasteiger partial charge is 0.414 e. The molecule has 0 radical (unpaired) electrons. The summed E-state index contributed by atoms with van der Waals surface area (Å²) in [6, 6.07) is -0.292. The molecule has 0 aromatic heterocycles. The molecule has 1 N–H and O–H groups in total. The Morgan fingerprint density at radius 1 is 1.42 bits per heavy atom. The summed E-state index contributed by atoms with van der Waals surface area (Å²) in [6.07, 6.45) is 9.15. The molecule has 1 unspecified atom stereocenters. The van der Waals surface area contributed by atoms with Gasteiger partial charge in [-0.05, 0) is 37.7 Å². The monoisotopic (exact) mass is 332 g/mol. The molecule has 1 saturated heterocycles. The van der Waals surface area contributed by atoms with E-state index in [2.05, 4.69) is 6.58 Å². The average Bonchev–Trinajstić information content (AvgIpc) is 3.17. The highest BCUT2D eigenvalue weighted by atomic mass is 16.5. The van der Waals surface area contributed by atoms with Crippen molar-refractivity contribution in [2.45, 2.75) is 43.9 Å². The van der Waals surface area contributed by atoms with Crippen molar-refractivity contribution in [1.29, 1.82) is 0 Å². The van der Waals surface area contributed by atoms with E-state index in [1.54, 1.807) is 23.3 Å². The molecule has 2 amide bonds. The third kappa shape index (κ3) is 2.86. The van der Waals surface area contributed by atoms with E-state index in [0.717, 1.165) is 19.3 Å². The molecule has 0 aromatic rings. The quantitative estimate of drug-likeness (QED) is 0.801. The summed E-state index contributed by atoms with van der Waals surface area (Å²) in [5.74, 6) is 0.257. The van der Waals surface area contributed by atoms with Crippen molar-refractivity contribution in [3.05, 3.63) is 36.6 Å². The number of hydrogen-bond acceptors (Lipinski definition) is 4. The number of ether oxygens (including phenoxy) is 1. The van der Waals surface area contributed by atoms with Gasteiger partial charge in [-0.15, -0.1) is 6.58 Å². The Hall–Kier alpha value is -2.08. The fraction of sp³-hybridized carbons (Fsp3) is 0.556. The summed E-state index contributed by atoms with van der Waals surface area (Å²) >= 11 is 0. The summed E-state index contributed by atoms with van der Waals surface area (Å²) in [7, 11) is 1.32. The Morgan fingerprint density at radius 3 is 2.92 bits per heavy atom. The number of amides is 2. The van der Waals surface area contributed by atoms with E-state index in [9.17, 15) is 14.7 Å². The van der Waals surface area contributed by atoms with Crippen molar-refractivity contribution < 1.29 is 19.4 Å². The highest BCUT2D eigenvalue weighted by Gasteiger charge is 2.45. The number of aliphatic hydroxyl groups is 1. The van der Waals surface area contributed by atoms with Crippen LogP contribution in [0.1, 0.15) is 25.7 Å². The first kappa shape index (κ1) is 16.8. The summed E-state index contributed by atoms with van der Waals surface area (Å²) in [4.78, 5) is 28.1. The molecule has 0 spiro atoms. The maximum atomic E-state index is 12.9. The van der Waals surface area contributed by atoms with Crippen LogP contribution in [0.15, 0.2) is 36.6 Å². The molecule has 2 aliphatic heterocycles. The van der Waals surface area contributed by atoms with Crippen molar-refractivity contribution in [3.63, 3.8) is 0 Å². The van der Waals surface area contributed by atoms with E-state index in [1.807, 2.05) is 6.08 Å². The van der Waals surface area contributed by atoms with Gasteiger partial charge in [-0.2, -0.15) is 0 Å². The van der Waals surface area contributed by atoms with E-state index in [4.69, 9.17) is 4.74 Å². The molecule has 0 bridgehead atoms. The predicted octanol–water partition coefficient (Wildman–Crippen LogP) is 1.82. The SMILES string of the molecule is C=CCC1C=CC(C(=O)N2CC[C@H]3CC[C@@H](O)[C@H]32)=CN1C(=O)OC. The number of likely N-dealkylation sites (tertiary alicyclic amines) is 1. The molecule has 3 aliphatic rings. The number of methoxy groups -OCH3 is 1. The fourth-order valence-electron chi connectivity index (χ4n) is 4.05. The van der Waals surface area contributed by atoms with Crippen molar-refractivity contribution in [2.24, 2.45) is 5.92 Å². The van der Waals surface area contributed by atoms with Crippen molar-refractivity contribution in [3.8, 4) is 0 Å². The third-order valence-corrected chi connectivity index (χ3v) is 5.25. The zero-order valence-electron chi connectivity index (χ0n) is 13.9. The lowest BCUT2D eigenvalue weighted by Gasteiger charge is -2.31. The minimum Gasteiger partial charge on any atom is -0.452 e. The summed E-state index contributed by atoms with van der Waals surface area (Å²) in [6.45, 7) is 4.36. The van der Waals surface area contributed by atoms with Crippen LogP contribution >= 0.6 is 0 Å². The zero-order chi connectivity index (χ0) is 17.3. The summed E-state index contributed by atoms with van der Waals surface area (Å²) in [5, 5.41) is 10.2. The average molecular weight is 332 g/mol. The molecule has 130 valence electrons. The lowest BCUT2D eigenvalue weighted by atomic mass is 10.0. The Balaban J connectivity index is 1.80. The standard InChI is InChI=1S/C18H24N2O4/c1-3-4-14-7-5-13(11-20(14)18(23)24-2)17(22)19-10-9-12-6-8-15(21)16(12)19/h3,5,7,11-12,14-16,21H,1,4,6,8-10H2,2H3/t12-,14?,15-,16+/m1/s1. The number of aliphatic hydroxyl groups excluding tert-OH is 1. The van der Waals surface area contributed by atoms with Gasteiger partial charge >= 0.3 is 6.09 Å². The lowest BCUT2D eigenvalue weighted by molar-refractivity contribution is -0.129. The first-order valence-electron chi connectivity index (χ1n) is 8.43. The van der Waals surface area contributed by atoms with Gasteiger partial charge in [-0.25, -0.2) is 4.79 Å². The lowest BCUT2D eigenvalue weighted by Crippen LogP contribution is -2.44. The van der Waals surface area contributed by atoms with E-state index in [1.165, 1.54) is 12.0 Å². The van der Waals surface area contributed by atoms with Crippen LogP contribution in [0.4, 0.5) is 4.79 Å². The highest BCUT2D eigenvalue weighted by molar-refractivity contribution is 5.97. The largest absolute Gasteiger partial charge is 0.452 e. The van der Waals surface area contributed by atoms with Gasteiger partial charge in [-0.3, -0.25) is 9.69 Å². The summed E-state index contributed by atoms with van der Waals surface area (Å²) in [5.41, 5.74) is 0.445. The van der Waals surface area contributed by atoms with E-state index >= 15 is 0 Å². The molecule has 2 heterocycles. The first-order chi connectivity index (χ1) is 11.6. The second-order valence-corrected chi connectivity index (χ2v) is 6.60. The third-order valence-electron chi connectivity index (χ3n) is 5.25. The first-order valence-corrected chi connectivity index (χ1v) is 8.43. The molecule has 2 fully saturated rings.